The molecular formula is C13H16N4O2. The number of nitrogens with two attached hydrogens (primary N) is 1. The number of nitrogens with one attached hydrogen (secondary N) is 1. The van der Waals surface area contributed by atoms with Gasteiger partial charge >= 0.3 is 0 Å². The first-order valence-corrected chi connectivity index (χ1v) is 5.96. The number of nitrogen functional groups attached to an aromatic ring is 1. The van der Waals surface area contributed by atoms with Crippen LogP contribution in [0.15, 0.2) is 28.9 Å². The molecule has 100 valence electrons. The predicted octanol–water partition coefficient (Wildman–Crippen LogP) is 1.38. The van der Waals surface area contributed by atoms with Crippen LogP contribution in [0.5, 0.6) is 0 Å². The summed E-state index contributed by atoms with van der Waals surface area (Å²) >= 11 is 0. The van der Waals surface area contributed by atoms with E-state index in [-0.39, 0.29) is 18.4 Å². The highest BCUT2D eigenvalue weighted by atomic mass is 16.4. The van der Waals surface area contributed by atoms with Gasteiger partial charge in [0.15, 0.2) is 0 Å². The van der Waals surface area contributed by atoms with Gasteiger partial charge in [0.25, 0.3) is 0 Å². The maximum atomic E-state index is 11.8. The molecule has 3 N–H and O–H groups in total. The van der Waals surface area contributed by atoms with E-state index in [1.807, 2.05) is 13.8 Å². The average Bonchev–Trinajstić information content (AvgIpc) is 2.79. The van der Waals surface area contributed by atoms with E-state index in [1.165, 1.54) is 6.20 Å². The Morgan fingerprint density at radius 1 is 1.42 bits per heavy atom. The fourth-order valence-electron chi connectivity index (χ4n) is 1.63. The molecule has 6 heteroatoms. The number of carbonyl (C=O) groups excluding carboxylic acids is 1. The van der Waals surface area contributed by atoms with Crippen LogP contribution in [0.25, 0.3) is 0 Å². The fourth-order valence-corrected chi connectivity index (χ4v) is 1.63. The quantitative estimate of drug-likeness (QED) is 0.866. The molecule has 0 saturated heterocycles. The third-order valence-corrected chi connectivity index (χ3v) is 2.58. The van der Waals surface area contributed by atoms with Crippen LogP contribution in [-0.4, -0.2) is 15.9 Å². The van der Waals surface area contributed by atoms with Gasteiger partial charge in [0.1, 0.15) is 11.8 Å². The molecule has 19 heavy (non-hydrogen) atoms. The summed E-state index contributed by atoms with van der Waals surface area (Å²) in [5, 5.41) is 2.81. The Morgan fingerprint density at radius 2 is 2.21 bits per heavy atom. The number of nitrogens with zero attached hydrogens (tertiary/aromatic N) is 2. The highest BCUT2D eigenvalue weighted by Crippen LogP contribution is 2.12. The summed E-state index contributed by atoms with van der Waals surface area (Å²) in [6, 6.07) is 3.18. The summed E-state index contributed by atoms with van der Waals surface area (Å²) in [5.41, 5.74) is 6.78. The van der Waals surface area contributed by atoms with Crippen molar-refractivity contribution in [3.8, 4) is 0 Å². The molecule has 0 fully saturated rings. The third-order valence-electron chi connectivity index (χ3n) is 2.58. The molecule has 1 atom stereocenters. The maximum absolute atomic E-state index is 11.8. The number of hydrogen-bond donors (Lipinski definition) is 2. The van der Waals surface area contributed by atoms with Crippen molar-refractivity contribution < 1.29 is 9.21 Å². The Bertz CT molecular complexity index is 562. The van der Waals surface area contributed by atoms with Crippen LogP contribution in [-0.2, 0) is 11.2 Å². The van der Waals surface area contributed by atoms with Crippen LogP contribution in [0.1, 0.15) is 30.3 Å². The van der Waals surface area contributed by atoms with Crippen LogP contribution < -0.4 is 11.1 Å². The lowest BCUT2D eigenvalue weighted by Gasteiger charge is -2.10. The van der Waals surface area contributed by atoms with Gasteiger partial charge in [-0.2, -0.15) is 0 Å². The molecule has 1 unspecified atom stereocenters. The van der Waals surface area contributed by atoms with E-state index >= 15 is 0 Å². The number of amides is 1. The predicted molar refractivity (Wildman–Crippen MR) is 70.2 cm³/mol. The Hall–Kier alpha value is -2.37. The Kier molecular flexibility index (Phi) is 3.79. The van der Waals surface area contributed by atoms with Crippen molar-refractivity contribution in [3.63, 3.8) is 0 Å². The molecule has 0 aliphatic rings. The van der Waals surface area contributed by atoms with Crippen LogP contribution in [0.3, 0.4) is 0 Å². The molecule has 2 aromatic rings. The second-order valence-electron chi connectivity index (χ2n) is 4.36. The van der Waals surface area contributed by atoms with Crippen molar-refractivity contribution in [2.45, 2.75) is 26.3 Å². The summed E-state index contributed by atoms with van der Waals surface area (Å²) in [6.45, 7) is 3.63. The first kappa shape index (κ1) is 13.1. The smallest absolute Gasteiger partial charge is 0.226 e. The van der Waals surface area contributed by atoms with Crippen molar-refractivity contribution in [2.24, 2.45) is 0 Å². The van der Waals surface area contributed by atoms with Crippen molar-refractivity contribution in [3.05, 3.63) is 41.9 Å². The molecule has 0 saturated carbocycles. The Morgan fingerprint density at radius 3 is 2.79 bits per heavy atom. The molecule has 2 aromatic heterocycles. The number of aromatic nitrogens is 2. The third kappa shape index (κ3) is 3.54. The number of rotatable bonds is 4. The number of hydrogen-bond acceptors (Lipinski definition) is 5. The van der Waals surface area contributed by atoms with Crippen molar-refractivity contribution in [1.82, 2.24) is 15.3 Å². The topological polar surface area (TPSA) is 94.0 Å². The summed E-state index contributed by atoms with van der Waals surface area (Å²) in [4.78, 5) is 20.0. The Labute approximate surface area is 111 Å². The minimum absolute atomic E-state index is 0.138. The van der Waals surface area contributed by atoms with E-state index in [4.69, 9.17) is 10.2 Å². The molecule has 6 nitrogen and oxygen atoms in total. The number of aryl methyl sites for hydroxylation is 1. The standard InChI is InChI=1S/C13H16N4O2/c1-8-6-16-13(19-8)9(2)17-12(18)5-11-4-3-10(14)7-15-11/h3-4,6-7,9H,5,14H2,1-2H3,(H,17,18). The van der Waals surface area contributed by atoms with E-state index < -0.39 is 0 Å². The lowest BCUT2D eigenvalue weighted by Crippen LogP contribution is -2.28. The molecule has 2 rings (SSSR count). The first-order chi connectivity index (χ1) is 9.04. The fraction of sp³-hybridized carbons (Fsp3) is 0.308. The maximum Gasteiger partial charge on any atom is 0.226 e. The van der Waals surface area contributed by atoms with Crippen molar-refractivity contribution >= 4 is 11.6 Å². The van der Waals surface area contributed by atoms with E-state index in [0.29, 0.717) is 17.3 Å². The molecule has 0 bridgehead atoms. The zero-order valence-electron chi connectivity index (χ0n) is 10.9. The average molecular weight is 260 g/mol. The van der Waals surface area contributed by atoms with Gasteiger partial charge in [0.05, 0.1) is 24.5 Å². The normalized spacial score (nSPS) is 12.1. The summed E-state index contributed by atoms with van der Waals surface area (Å²) in [5.74, 6) is 1.08. The van der Waals surface area contributed by atoms with Gasteiger partial charge in [-0.25, -0.2) is 4.98 Å². The number of pyridine rings is 1. The zero-order valence-corrected chi connectivity index (χ0v) is 10.9. The van der Waals surface area contributed by atoms with Crippen LogP contribution >= 0.6 is 0 Å². The minimum atomic E-state index is -0.269. The van der Waals surface area contributed by atoms with Crippen LogP contribution in [0.2, 0.25) is 0 Å². The van der Waals surface area contributed by atoms with E-state index in [0.717, 1.165) is 5.76 Å². The van der Waals surface area contributed by atoms with Gasteiger partial charge in [0, 0.05) is 5.69 Å². The van der Waals surface area contributed by atoms with Crippen molar-refractivity contribution in [1.29, 1.82) is 0 Å². The molecule has 0 aromatic carbocycles. The lowest BCUT2D eigenvalue weighted by molar-refractivity contribution is -0.121. The van der Waals surface area contributed by atoms with Gasteiger partial charge in [-0.05, 0) is 26.0 Å². The minimum Gasteiger partial charge on any atom is -0.444 e. The SMILES string of the molecule is Cc1cnc(C(C)NC(=O)Cc2ccc(N)cn2)o1. The second-order valence-corrected chi connectivity index (χ2v) is 4.36. The highest BCUT2D eigenvalue weighted by Gasteiger charge is 2.14. The second kappa shape index (κ2) is 5.51. The van der Waals surface area contributed by atoms with E-state index in [1.54, 1.807) is 18.3 Å². The molecule has 2 heterocycles. The van der Waals surface area contributed by atoms with Gasteiger partial charge in [-0.3, -0.25) is 9.78 Å². The highest BCUT2D eigenvalue weighted by molar-refractivity contribution is 5.78. The molecule has 0 radical (unpaired) electrons. The van der Waals surface area contributed by atoms with Gasteiger partial charge in [-0.1, -0.05) is 0 Å². The molecule has 0 aliphatic carbocycles. The summed E-state index contributed by atoms with van der Waals surface area (Å²) < 4.78 is 5.35. The van der Waals surface area contributed by atoms with Gasteiger partial charge in [0.2, 0.25) is 11.8 Å². The van der Waals surface area contributed by atoms with Gasteiger partial charge < -0.3 is 15.5 Å². The first-order valence-electron chi connectivity index (χ1n) is 5.96. The number of oxazole rings is 1. The van der Waals surface area contributed by atoms with Crippen molar-refractivity contribution in [2.75, 3.05) is 5.73 Å². The van der Waals surface area contributed by atoms with Crippen LogP contribution in [0, 0.1) is 6.92 Å². The molecular weight excluding hydrogens is 244 g/mol. The molecule has 1 amide bonds. The molecule has 0 aliphatic heterocycles. The monoisotopic (exact) mass is 260 g/mol. The Balaban J connectivity index is 1.92. The largest absolute Gasteiger partial charge is 0.444 e. The van der Waals surface area contributed by atoms with Gasteiger partial charge in [-0.15, -0.1) is 0 Å². The summed E-state index contributed by atoms with van der Waals surface area (Å²) in [6.07, 6.45) is 3.35. The van der Waals surface area contributed by atoms with E-state index in [2.05, 4.69) is 15.3 Å². The number of carbonyl (C=O) groups is 1. The van der Waals surface area contributed by atoms with E-state index in [9.17, 15) is 4.79 Å². The molecule has 0 spiro atoms. The zero-order chi connectivity index (χ0) is 13.8. The summed E-state index contributed by atoms with van der Waals surface area (Å²) in [7, 11) is 0. The van der Waals surface area contributed by atoms with Crippen LogP contribution in [0.4, 0.5) is 5.69 Å². The number of anilines is 1. The lowest BCUT2D eigenvalue weighted by atomic mass is 10.2.